The number of aryl methyl sites for hydroxylation is 1. The zero-order valence-corrected chi connectivity index (χ0v) is 11.5. The van der Waals surface area contributed by atoms with Crippen molar-refractivity contribution >= 4 is 5.97 Å². The van der Waals surface area contributed by atoms with Crippen LogP contribution >= 0.6 is 0 Å². The van der Waals surface area contributed by atoms with Gasteiger partial charge in [0.25, 0.3) is 0 Å². The van der Waals surface area contributed by atoms with Crippen LogP contribution in [0, 0.1) is 0 Å². The molecular weight excluding hydrogens is 228 g/mol. The summed E-state index contributed by atoms with van der Waals surface area (Å²) >= 11 is 0. The lowest BCUT2D eigenvalue weighted by Crippen LogP contribution is -2.10. The summed E-state index contributed by atoms with van der Waals surface area (Å²) in [6.07, 6.45) is 2.58. The second-order valence-corrected chi connectivity index (χ2v) is 4.13. The van der Waals surface area contributed by atoms with Gasteiger partial charge in [-0.15, -0.1) is 0 Å². The van der Waals surface area contributed by atoms with Gasteiger partial charge in [-0.2, -0.15) is 0 Å². The highest BCUT2D eigenvalue weighted by Crippen LogP contribution is 2.25. The maximum atomic E-state index is 12.0. The lowest BCUT2D eigenvalue weighted by atomic mass is 10.1. The third-order valence-corrected chi connectivity index (χ3v) is 2.59. The maximum Gasteiger partial charge on any atom is 0.341 e. The fourth-order valence-corrected chi connectivity index (χ4v) is 1.67. The van der Waals surface area contributed by atoms with Crippen LogP contribution in [0.15, 0.2) is 18.2 Å². The molecule has 0 amide bonds. The van der Waals surface area contributed by atoms with E-state index in [0.29, 0.717) is 24.5 Å². The minimum atomic E-state index is -0.293. The Hall–Kier alpha value is -1.51. The van der Waals surface area contributed by atoms with Gasteiger partial charge in [-0.25, -0.2) is 4.79 Å². The van der Waals surface area contributed by atoms with E-state index in [2.05, 4.69) is 6.92 Å². The van der Waals surface area contributed by atoms with E-state index >= 15 is 0 Å². The van der Waals surface area contributed by atoms with Crippen molar-refractivity contribution in [2.24, 2.45) is 0 Å². The molecule has 0 unspecified atom stereocenters. The minimum absolute atomic E-state index is 0.293. The molecule has 0 N–H and O–H groups in total. The molecule has 0 bridgehead atoms. The first-order valence-electron chi connectivity index (χ1n) is 6.66. The second-order valence-electron chi connectivity index (χ2n) is 4.13. The smallest absolute Gasteiger partial charge is 0.341 e. The average molecular weight is 250 g/mol. The first-order valence-corrected chi connectivity index (χ1v) is 6.66. The SMILES string of the molecule is CCCOC(=O)c1cccc(CC)c1OCCC. The number of rotatable bonds is 7. The number of esters is 1. The van der Waals surface area contributed by atoms with E-state index in [9.17, 15) is 4.79 Å². The number of carbonyl (C=O) groups excluding carboxylic acids is 1. The molecule has 0 atom stereocenters. The Balaban J connectivity index is 2.97. The molecule has 0 aliphatic carbocycles. The molecule has 3 nitrogen and oxygen atoms in total. The van der Waals surface area contributed by atoms with Gasteiger partial charge in [-0.05, 0) is 30.9 Å². The molecule has 0 saturated carbocycles. The van der Waals surface area contributed by atoms with Crippen molar-refractivity contribution < 1.29 is 14.3 Å². The summed E-state index contributed by atoms with van der Waals surface area (Å²) in [6.45, 7) is 7.14. The largest absolute Gasteiger partial charge is 0.492 e. The van der Waals surface area contributed by atoms with Gasteiger partial charge >= 0.3 is 5.97 Å². The zero-order valence-electron chi connectivity index (χ0n) is 11.5. The highest BCUT2D eigenvalue weighted by Gasteiger charge is 2.16. The molecule has 0 saturated heterocycles. The Bertz CT molecular complexity index is 385. The molecule has 1 rings (SSSR count). The fourth-order valence-electron chi connectivity index (χ4n) is 1.67. The molecule has 1 aromatic carbocycles. The Labute approximate surface area is 109 Å². The summed E-state index contributed by atoms with van der Waals surface area (Å²) in [4.78, 5) is 12.0. The molecule has 0 aliphatic rings. The van der Waals surface area contributed by atoms with Gasteiger partial charge in [0, 0.05) is 0 Å². The number of para-hydroxylation sites is 1. The highest BCUT2D eigenvalue weighted by molar-refractivity contribution is 5.93. The van der Waals surface area contributed by atoms with E-state index in [1.807, 2.05) is 26.0 Å². The van der Waals surface area contributed by atoms with Crippen molar-refractivity contribution in [1.82, 2.24) is 0 Å². The third kappa shape index (κ3) is 3.76. The summed E-state index contributed by atoms with van der Waals surface area (Å²) in [6, 6.07) is 5.63. The van der Waals surface area contributed by atoms with Crippen molar-refractivity contribution in [3.05, 3.63) is 29.3 Å². The third-order valence-electron chi connectivity index (χ3n) is 2.59. The topological polar surface area (TPSA) is 35.5 Å². The van der Waals surface area contributed by atoms with Gasteiger partial charge in [0.2, 0.25) is 0 Å². The number of hydrogen-bond donors (Lipinski definition) is 0. The average Bonchev–Trinajstić information content (AvgIpc) is 2.41. The van der Waals surface area contributed by atoms with Crippen LogP contribution in [0.25, 0.3) is 0 Å². The normalized spacial score (nSPS) is 10.2. The Morgan fingerprint density at radius 1 is 1.11 bits per heavy atom. The molecule has 3 heteroatoms. The monoisotopic (exact) mass is 250 g/mol. The van der Waals surface area contributed by atoms with E-state index < -0.39 is 0 Å². The molecule has 1 aromatic rings. The van der Waals surface area contributed by atoms with Crippen molar-refractivity contribution in [2.75, 3.05) is 13.2 Å². The van der Waals surface area contributed by atoms with Crippen LogP contribution in [0.3, 0.4) is 0 Å². The summed E-state index contributed by atoms with van der Waals surface area (Å²) in [7, 11) is 0. The number of benzene rings is 1. The van der Waals surface area contributed by atoms with Crippen LogP contribution in [0.5, 0.6) is 5.75 Å². The Morgan fingerprint density at radius 3 is 2.44 bits per heavy atom. The molecule has 0 heterocycles. The summed E-state index contributed by atoms with van der Waals surface area (Å²) in [5, 5.41) is 0. The number of carbonyl (C=O) groups is 1. The van der Waals surface area contributed by atoms with Crippen LogP contribution < -0.4 is 4.74 Å². The molecular formula is C15H22O3. The number of ether oxygens (including phenoxy) is 2. The predicted molar refractivity (Wildman–Crippen MR) is 72.2 cm³/mol. The van der Waals surface area contributed by atoms with Crippen LogP contribution in [0.2, 0.25) is 0 Å². The molecule has 0 aliphatic heterocycles. The van der Waals surface area contributed by atoms with Gasteiger partial charge in [0.15, 0.2) is 0 Å². The second kappa shape index (κ2) is 7.75. The summed E-state index contributed by atoms with van der Waals surface area (Å²) < 4.78 is 10.9. The molecule has 0 fully saturated rings. The standard InChI is InChI=1S/C15H22O3/c1-4-10-17-14-12(6-3)8-7-9-13(14)15(16)18-11-5-2/h7-9H,4-6,10-11H2,1-3H3. The molecule has 0 radical (unpaired) electrons. The maximum absolute atomic E-state index is 12.0. The predicted octanol–water partition coefficient (Wildman–Crippen LogP) is 3.60. The first kappa shape index (κ1) is 14.6. The van der Waals surface area contributed by atoms with E-state index in [-0.39, 0.29) is 5.97 Å². The quantitative estimate of drug-likeness (QED) is 0.693. The van der Waals surface area contributed by atoms with Gasteiger partial charge < -0.3 is 9.47 Å². The Morgan fingerprint density at radius 2 is 1.83 bits per heavy atom. The summed E-state index contributed by atoms with van der Waals surface area (Å²) in [5.41, 5.74) is 1.59. The van der Waals surface area contributed by atoms with Gasteiger partial charge in [0.1, 0.15) is 11.3 Å². The molecule has 0 spiro atoms. The van der Waals surface area contributed by atoms with Gasteiger partial charge in [-0.3, -0.25) is 0 Å². The lowest BCUT2D eigenvalue weighted by Gasteiger charge is -2.14. The van der Waals surface area contributed by atoms with E-state index in [1.165, 1.54) is 0 Å². The molecule has 18 heavy (non-hydrogen) atoms. The number of hydrogen-bond acceptors (Lipinski definition) is 3. The van der Waals surface area contributed by atoms with Crippen molar-refractivity contribution in [3.8, 4) is 5.75 Å². The minimum Gasteiger partial charge on any atom is -0.492 e. The van der Waals surface area contributed by atoms with Crippen molar-refractivity contribution in [2.45, 2.75) is 40.0 Å². The highest BCUT2D eigenvalue weighted by atomic mass is 16.5. The zero-order chi connectivity index (χ0) is 13.4. The van der Waals surface area contributed by atoms with Crippen molar-refractivity contribution in [3.63, 3.8) is 0 Å². The molecule has 0 aromatic heterocycles. The van der Waals surface area contributed by atoms with Crippen LogP contribution in [0.1, 0.15) is 49.5 Å². The van der Waals surface area contributed by atoms with Gasteiger partial charge in [0.05, 0.1) is 13.2 Å². The summed E-state index contributed by atoms with van der Waals surface area (Å²) in [5.74, 6) is 0.390. The van der Waals surface area contributed by atoms with Crippen LogP contribution in [-0.4, -0.2) is 19.2 Å². The van der Waals surface area contributed by atoms with Crippen molar-refractivity contribution in [1.29, 1.82) is 0 Å². The first-order chi connectivity index (χ1) is 8.74. The van der Waals surface area contributed by atoms with E-state index in [0.717, 1.165) is 24.8 Å². The van der Waals surface area contributed by atoms with E-state index in [1.54, 1.807) is 6.07 Å². The van der Waals surface area contributed by atoms with Gasteiger partial charge in [-0.1, -0.05) is 32.9 Å². The van der Waals surface area contributed by atoms with Crippen LogP contribution in [0.4, 0.5) is 0 Å². The van der Waals surface area contributed by atoms with E-state index in [4.69, 9.17) is 9.47 Å². The molecule has 100 valence electrons. The fraction of sp³-hybridized carbons (Fsp3) is 0.533. The lowest BCUT2D eigenvalue weighted by molar-refractivity contribution is 0.0500. The van der Waals surface area contributed by atoms with Crippen LogP contribution in [-0.2, 0) is 11.2 Å². The Kier molecular flexibility index (Phi) is 6.26.